The standard InChI is InChI=1S/C11H18N2O2S/c1-7(2)4-5-15-11(14)10-8(3)13-9(6-12)16-10/h7H,4-6,12H2,1-3H3. The summed E-state index contributed by atoms with van der Waals surface area (Å²) in [6, 6.07) is 0. The van der Waals surface area contributed by atoms with Gasteiger partial charge in [-0.25, -0.2) is 9.78 Å². The zero-order valence-corrected chi connectivity index (χ0v) is 10.8. The lowest BCUT2D eigenvalue weighted by molar-refractivity contribution is 0.0493. The van der Waals surface area contributed by atoms with E-state index >= 15 is 0 Å². The van der Waals surface area contributed by atoms with Gasteiger partial charge in [-0.15, -0.1) is 11.3 Å². The molecule has 0 aliphatic carbocycles. The minimum atomic E-state index is -0.282. The fraction of sp³-hybridized carbons (Fsp3) is 0.636. The fourth-order valence-corrected chi connectivity index (χ4v) is 2.02. The summed E-state index contributed by atoms with van der Waals surface area (Å²) in [7, 11) is 0. The molecule has 0 aromatic carbocycles. The first-order valence-corrected chi connectivity index (χ1v) is 6.19. The minimum Gasteiger partial charge on any atom is -0.461 e. The average Bonchev–Trinajstić information content (AvgIpc) is 2.59. The highest BCUT2D eigenvalue weighted by Crippen LogP contribution is 2.18. The van der Waals surface area contributed by atoms with Crippen LogP contribution < -0.4 is 5.73 Å². The van der Waals surface area contributed by atoms with E-state index in [-0.39, 0.29) is 5.97 Å². The quantitative estimate of drug-likeness (QED) is 0.803. The highest BCUT2D eigenvalue weighted by molar-refractivity contribution is 7.13. The second-order valence-electron chi connectivity index (χ2n) is 4.04. The second-order valence-corrected chi connectivity index (χ2v) is 5.13. The average molecular weight is 242 g/mol. The fourth-order valence-electron chi connectivity index (χ4n) is 1.18. The van der Waals surface area contributed by atoms with E-state index in [4.69, 9.17) is 10.5 Å². The molecule has 4 nitrogen and oxygen atoms in total. The Morgan fingerprint density at radius 2 is 2.25 bits per heavy atom. The Balaban J connectivity index is 2.55. The van der Waals surface area contributed by atoms with Crippen LogP contribution in [0.15, 0.2) is 0 Å². The summed E-state index contributed by atoms with van der Waals surface area (Å²) in [5.41, 5.74) is 6.18. The number of rotatable bonds is 5. The Labute approximate surface area is 99.8 Å². The third-order valence-electron chi connectivity index (χ3n) is 2.13. The van der Waals surface area contributed by atoms with Crippen molar-refractivity contribution in [2.45, 2.75) is 33.7 Å². The number of nitrogens with zero attached hydrogens (tertiary/aromatic N) is 1. The van der Waals surface area contributed by atoms with Gasteiger partial charge in [0.2, 0.25) is 0 Å². The maximum absolute atomic E-state index is 11.7. The van der Waals surface area contributed by atoms with E-state index in [0.717, 1.165) is 11.4 Å². The molecule has 1 rings (SSSR count). The first kappa shape index (κ1) is 13.1. The van der Waals surface area contributed by atoms with Crippen molar-refractivity contribution >= 4 is 17.3 Å². The smallest absolute Gasteiger partial charge is 0.350 e. The Bertz CT molecular complexity index is 361. The topological polar surface area (TPSA) is 65.2 Å². The van der Waals surface area contributed by atoms with Crippen molar-refractivity contribution in [2.24, 2.45) is 11.7 Å². The van der Waals surface area contributed by atoms with Crippen LogP contribution in [0.5, 0.6) is 0 Å². The Morgan fingerprint density at radius 3 is 2.75 bits per heavy atom. The van der Waals surface area contributed by atoms with E-state index in [2.05, 4.69) is 18.8 Å². The molecule has 0 fully saturated rings. The minimum absolute atomic E-state index is 0.282. The van der Waals surface area contributed by atoms with Crippen LogP contribution in [0.25, 0.3) is 0 Å². The summed E-state index contributed by atoms with van der Waals surface area (Å²) in [6.45, 7) is 6.82. The van der Waals surface area contributed by atoms with Gasteiger partial charge in [-0.1, -0.05) is 13.8 Å². The molecule has 0 radical (unpaired) electrons. The monoisotopic (exact) mass is 242 g/mol. The van der Waals surface area contributed by atoms with Crippen LogP contribution in [-0.4, -0.2) is 17.6 Å². The van der Waals surface area contributed by atoms with Crippen LogP contribution in [0.3, 0.4) is 0 Å². The molecular formula is C11H18N2O2S. The van der Waals surface area contributed by atoms with Crippen LogP contribution in [-0.2, 0) is 11.3 Å². The maximum atomic E-state index is 11.7. The van der Waals surface area contributed by atoms with Crippen LogP contribution in [0.2, 0.25) is 0 Å². The van der Waals surface area contributed by atoms with Gasteiger partial charge in [0.15, 0.2) is 0 Å². The van der Waals surface area contributed by atoms with Crippen molar-refractivity contribution in [1.29, 1.82) is 0 Å². The number of hydrogen-bond donors (Lipinski definition) is 1. The van der Waals surface area contributed by atoms with Crippen molar-refractivity contribution in [3.05, 3.63) is 15.6 Å². The first-order chi connectivity index (χ1) is 7.54. The number of hydrogen-bond acceptors (Lipinski definition) is 5. The summed E-state index contributed by atoms with van der Waals surface area (Å²) in [5.74, 6) is 0.255. The highest BCUT2D eigenvalue weighted by Gasteiger charge is 2.15. The molecule has 1 heterocycles. The van der Waals surface area contributed by atoms with Gasteiger partial charge in [0.1, 0.15) is 9.88 Å². The van der Waals surface area contributed by atoms with E-state index in [9.17, 15) is 4.79 Å². The molecule has 0 saturated carbocycles. The number of ether oxygens (including phenoxy) is 1. The van der Waals surface area contributed by atoms with Gasteiger partial charge in [0.25, 0.3) is 0 Å². The SMILES string of the molecule is Cc1nc(CN)sc1C(=O)OCCC(C)C. The molecule has 0 amide bonds. The largest absolute Gasteiger partial charge is 0.461 e. The lowest BCUT2D eigenvalue weighted by Crippen LogP contribution is -2.07. The molecule has 1 aromatic heterocycles. The van der Waals surface area contributed by atoms with Gasteiger partial charge in [-0.3, -0.25) is 0 Å². The Kier molecular flexibility index (Phi) is 4.89. The van der Waals surface area contributed by atoms with E-state index in [1.807, 2.05) is 0 Å². The van der Waals surface area contributed by atoms with Crippen molar-refractivity contribution in [1.82, 2.24) is 4.98 Å². The van der Waals surface area contributed by atoms with Crippen molar-refractivity contribution < 1.29 is 9.53 Å². The van der Waals surface area contributed by atoms with E-state index in [1.54, 1.807) is 6.92 Å². The zero-order chi connectivity index (χ0) is 12.1. The van der Waals surface area contributed by atoms with Gasteiger partial charge in [-0.2, -0.15) is 0 Å². The molecule has 5 heteroatoms. The van der Waals surface area contributed by atoms with E-state index in [1.165, 1.54) is 11.3 Å². The van der Waals surface area contributed by atoms with Crippen molar-refractivity contribution in [3.8, 4) is 0 Å². The normalized spacial score (nSPS) is 10.8. The maximum Gasteiger partial charge on any atom is 0.350 e. The van der Waals surface area contributed by atoms with Crippen LogP contribution in [0, 0.1) is 12.8 Å². The number of carbonyl (C=O) groups is 1. The van der Waals surface area contributed by atoms with Crippen LogP contribution >= 0.6 is 11.3 Å². The van der Waals surface area contributed by atoms with Crippen molar-refractivity contribution in [2.75, 3.05) is 6.61 Å². The lowest BCUT2D eigenvalue weighted by Gasteiger charge is -2.05. The molecular weight excluding hydrogens is 224 g/mol. The first-order valence-electron chi connectivity index (χ1n) is 5.38. The Hall–Kier alpha value is -0.940. The number of esters is 1. The molecule has 0 aliphatic rings. The number of carbonyl (C=O) groups excluding carboxylic acids is 1. The number of thiazole rings is 1. The predicted molar refractivity (Wildman–Crippen MR) is 64.5 cm³/mol. The zero-order valence-electron chi connectivity index (χ0n) is 9.95. The number of aryl methyl sites for hydroxylation is 1. The second kappa shape index (κ2) is 5.96. The summed E-state index contributed by atoms with van der Waals surface area (Å²) < 4.78 is 5.17. The molecule has 1 aromatic rings. The molecule has 2 N–H and O–H groups in total. The molecule has 0 spiro atoms. The summed E-state index contributed by atoms with van der Waals surface area (Å²) in [4.78, 5) is 16.4. The molecule has 0 unspecified atom stereocenters. The van der Waals surface area contributed by atoms with Gasteiger partial charge >= 0.3 is 5.97 Å². The highest BCUT2D eigenvalue weighted by atomic mass is 32.1. The molecule has 0 aliphatic heterocycles. The van der Waals surface area contributed by atoms with Crippen LogP contribution in [0.4, 0.5) is 0 Å². The third kappa shape index (κ3) is 3.57. The summed E-state index contributed by atoms with van der Waals surface area (Å²) in [6.07, 6.45) is 0.882. The van der Waals surface area contributed by atoms with E-state index in [0.29, 0.717) is 29.6 Å². The summed E-state index contributed by atoms with van der Waals surface area (Å²) in [5, 5.41) is 0.772. The third-order valence-corrected chi connectivity index (χ3v) is 3.29. The van der Waals surface area contributed by atoms with Crippen LogP contribution in [0.1, 0.15) is 40.6 Å². The number of aromatic nitrogens is 1. The number of nitrogens with two attached hydrogens (primary N) is 1. The summed E-state index contributed by atoms with van der Waals surface area (Å²) >= 11 is 1.32. The Morgan fingerprint density at radius 1 is 1.56 bits per heavy atom. The molecule has 0 saturated heterocycles. The lowest BCUT2D eigenvalue weighted by atomic mass is 10.1. The molecule has 16 heavy (non-hydrogen) atoms. The van der Waals surface area contributed by atoms with Gasteiger partial charge < -0.3 is 10.5 Å². The molecule has 0 bridgehead atoms. The van der Waals surface area contributed by atoms with Gasteiger partial charge in [0.05, 0.1) is 12.3 Å². The molecule has 90 valence electrons. The van der Waals surface area contributed by atoms with Gasteiger partial charge in [-0.05, 0) is 19.3 Å². The predicted octanol–water partition coefficient (Wildman–Crippen LogP) is 2.11. The van der Waals surface area contributed by atoms with E-state index < -0.39 is 0 Å². The van der Waals surface area contributed by atoms with Crippen molar-refractivity contribution in [3.63, 3.8) is 0 Å². The molecule has 0 atom stereocenters. The van der Waals surface area contributed by atoms with Gasteiger partial charge in [0, 0.05) is 6.54 Å².